The molecule has 2 aliphatic heterocycles. The van der Waals surface area contributed by atoms with E-state index in [-0.39, 0.29) is 24.8 Å². The number of amides is 2. The minimum atomic E-state index is -4.75. The van der Waals surface area contributed by atoms with E-state index < -0.39 is 30.3 Å². The molecule has 3 fully saturated rings. The molecule has 2 saturated heterocycles. The molecule has 3 rings (SSSR count). The van der Waals surface area contributed by atoms with Crippen molar-refractivity contribution >= 4 is 23.6 Å². The van der Waals surface area contributed by atoms with Crippen LogP contribution >= 0.6 is 11.8 Å². The van der Waals surface area contributed by atoms with Crippen molar-refractivity contribution in [3.63, 3.8) is 0 Å². The third-order valence-electron chi connectivity index (χ3n) is 5.44. The average Bonchev–Trinajstić information content (AvgIpc) is 3.32. The molecular formula is C16H23F3N2O3S. The van der Waals surface area contributed by atoms with Crippen LogP contribution in [0.15, 0.2) is 0 Å². The lowest BCUT2D eigenvalue weighted by molar-refractivity contribution is -0.219. The first-order chi connectivity index (χ1) is 11.8. The summed E-state index contributed by atoms with van der Waals surface area (Å²) in [5, 5.41) is 9.59. The molecule has 0 aromatic heterocycles. The van der Waals surface area contributed by atoms with E-state index in [2.05, 4.69) is 0 Å². The second-order valence-electron chi connectivity index (χ2n) is 7.03. The van der Waals surface area contributed by atoms with Gasteiger partial charge in [-0.25, -0.2) is 0 Å². The quantitative estimate of drug-likeness (QED) is 0.814. The molecule has 25 heavy (non-hydrogen) atoms. The summed E-state index contributed by atoms with van der Waals surface area (Å²) in [6.07, 6.45) is -3.09. The Morgan fingerprint density at radius 1 is 1.04 bits per heavy atom. The second kappa shape index (κ2) is 7.34. The fourth-order valence-electron chi connectivity index (χ4n) is 4.08. The minimum Gasteiger partial charge on any atom is -0.382 e. The van der Waals surface area contributed by atoms with E-state index in [1.807, 2.05) is 0 Å². The first-order valence-electron chi connectivity index (χ1n) is 8.74. The highest BCUT2D eigenvalue weighted by molar-refractivity contribution is 7.99. The molecule has 0 aromatic rings. The maximum absolute atomic E-state index is 12.9. The van der Waals surface area contributed by atoms with E-state index in [1.165, 1.54) is 11.8 Å². The molecule has 1 N–H and O–H groups in total. The SMILES string of the molecule is O=C(C1CCCC1)N1CSCC1C(=O)N1CCCC1C(O)C(F)(F)F. The molecule has 0 radical (unpaired) electrons. The third-order valence-corrected chi connectivity index (χ3v) is 6.45. The number of thioether (sulfide) groups is 1. The third kappa shape index (κ3) is 3.77. The van der Waals surface area contributed by atoms with Gasteiger partial charge in [0.1, 0.15) is 6.04 Å². The fourth-order valence-corrected chi connectivity index (χ4v) is 5.23. The predicted octanol–water partition coefficient (Wildman–Crippen LogP) is 1.99. The van der Waals surface area contributed by atoms with Crippen LogP contribution in [0.5, 0.6) is 0 Å². The van der Waals surface area contributed by atoms with Crippen LogP contribution in [0, 0.1) is 5.92 Å². The van der Waals surface area contributed by atoms with E-state index >= 15 is 0 Å². The van der Waals surface area contributed by atoms with Crippen LogP contribution in [0.4, 0.5) is 13.2 Å². The standard InChI is InChI=1S/C16H23F3N2O3S/c17-16(18,19)13(22)11-6-3-7-20(11)15(24)12-8-25-9-21(12)14(23)10-4-1-2-5-10/h10-13,22H,1-9H2. The second-order valence-corrected chi connectivity index (χ2v) is 8.03. The van der Waals surface area contributed by atoms with Gasteiger partial charge in [-0.15, -0.1) is 11.8 Å². The summed E-state index contributed by atoms with van der Waals surface area (Å²) in [6.45, 7) is 0.198. The molecule has 142 valence electrons. The highest BCUT2D eigenvalue weighted by Gasteiger charge is 2.50. The summed E-state index contributed by atoms with van der Waals surface area (Å²) in [6, 6.07) is -1.96. The van der Waals surface area contributed by atoms with Crippen LogP contribution in [0.3, 0.4) is 0 Å². The maximum atomic E-state index is 12.9. The Balaban J connectivity index is 1.71. The molecule has 9 heteroatoms. The van der Waals surface area contributed by atoms with E-state index in [9.17, 15) is 27.9 Å². The largest absolute Gasteiger partial charge is 0.416 e. The summed E-state index contributed by atoms with van der Waals surface area (Å²) in [5.41, 5.74) is 0. The Morgan fingerprint density at radius 3 is 2.36 bits per heavy atom. The topological polar surface area (TPSA) is 60.9 Å². The molecule has 5 nitrogen and oxygen atoms in total. The van der Waals surface area contributed by atoms with Crippen LogP contribution in [0.25, 0.3) is 0 Å². The van der Waals surface area contributed by atoms with Crippen molar-refractivity contribution in [2.75, 3.05) is 18.2 Å². The van der Waals surface area contributed by atoms with Gasteiger partial charge < -0.3 is 14.9 Å². The highest BCUT2D eigenvalue weighted by Crippen LogP contribution is 2.34. The lowest BCUT2D eigenvalue weighted by Gasteiger charge is -2.34. The Hall–Kier alpha value is -0.960. The molecular weight excluding hydrogens is 357 g/mol. The summed E-state index contributed by atoms with van der Waals surface area (Å²) in [4.78, 5) is 28.2. The molecule has 3 aliphatic rings. The molecule has 0 aromatic carbocycles. The molecule has 2 heterocycles. The van der Waals surface area contributed by atoms with Crippen LogP contribution in [0.1, 0.15) is 38.5 Å². The van der Waals surface area contributed by atoms with Gasteiger partial charge in [0.2, 0.25) is 11.8 Å². The number of alkyl halides is 3. The smallest absolute Gasteiger partial charge is 0.382 e. The van der Waals surface area contributed by atoms with Crippen molar-refractivity contribution in [1.29, 1.82) is 0 Å². The van der Waals surface area contributed by atoms with Crippen molar-refractivity contribution < 1.29 is 27.9 Å². The molecule has 1 aliphatic carbocycles. The Labute approximate surface area is 148 Å². The van der Waals surface area contributed by atoms with Crippen LogP contribution in [-0.2, 0) is 9.59 Å². The first-order valence-corrected chi connectivity index (χ1v) is 9.89. The molecule has 0 spiro atoms. The fraction of sp³-hybridized carbons (Fsp3) is 0.875. The normalized spacial score (nSPS) is 29.4. The maximum Gasteiger partial charge on any atom is 0.416 e. The van der Waals surface area contributed by atoms with E-state index in [1.54, 1.807) is 4.90 Å². The summed E-state index contributed by atoms with van der Waals surface area (Å²) < 4.78 is 38.6. The first kappa shape index (κ1) is 18.8. The van der Waals surface area contributed by atoms with E-state index in [4.69, 9.17) is 0 Å². The van der Waals surface area contributed by atoms with Gasteiger partial charge in [-0.3, -0.25) is 9.59 Å². The monoisotopic (exact) mass is 380 g/mol. The zero-order valence-electron chi connectivity index (χ0n) is 13.9. The predicted molar refractivity (Wildman–Crippen MR) is 86.7 cm³/mol. The van der Waals surface area contributed by atoms with Crippen molar-refractivity contribution in [3.8, 4) is 0 Å². The van der Waals surface area contributed by atoms with Crippen molar-refractivity contribution in [2.45, 2.75) is 62.9 Å². The molecule has 0 bridgehead atoms. The molecule has 2 amide bonds. The van der Waals surface area contributed by atoms with Gasteiger partial charge in [-0.2, -0.15) is 13.2 Å². The van der Waals surface area contributed by atoms with Crippen LogP contribution in [0.2, 0.25) is 0 Å². The zero-order valence-corrected chi connectivity index (χ0v) is 14.7. The number of hydrogen-bond acceptors (Lipinski definition) is 4. The van der Waals surface area contributed by atoms with E-state index in [0.717, 1.165) is 30.6 Å². The molecule has 1 saturated carbocycles. The number of nitrogens with zero attached hydrogens (tertiary/aromatic N) is 2. The van der Waals surface area contributed by atoms with Gasteiger partial charge in [0, 0.05) is 18.2 Å². The lowest BCUT2D eigenvalue weighted by Crippen LogP contribution is -2.55. The van der Waals surface area contributed by atoms with Crippen molar-refractivity contribution in [3.05, 3.63) is 0 Å². The molecule has 3 atom stereocenters. The Bertz CT molecular complexity index is 525. The van der Waals surface area contributed by atoms with Crippen molar-refractivity contribution in [1.82, 2.24) is 9.80 Å². The zero-order chi connectivity index (χ0) is 18.2. The van der Waals surface area contributed by atoms with Gasteiger partial charge in [-0.1, -0.05) is 12.8 Å². The van der Waals surface area contributed by atoms with Gasteiger partial charge in [0.05, 0.1) is 11.9 Å². The van der Waals surface area contributed by atoms with Gasteiger partial charge in [0.25, 0.3) is 0 Å². The Morgan fingerprint density at radius 2 is 1.72 bits per heavy atom. The number of carbonyl (C=O) groups excluding carboxylic acids is 2. The van der Waals surface area contributed by atoms with Crippen LogP contribution in [-0.4, -0.2) is 69.3 Å². The summed E-state index contributed by atoms with van der Waals surface area (Å²) in [5.74, 6) is 0.244. The van der Waals surface area contributed by atoms with Gasteiger partial charge >= 0.3 is 6.18 Å². The van der Waals surface area contributed by atoms with Gasteiger partial charge in [0.15, 0.2) is 6.10 Å². The highest BCUT2D eigenvalue weighted by atomic mass is 32.2. The number of halogens is 3. The van der Waals surface area contributed by atoms with Crippen LogP contribution < -0.4 is 0 Å². The molecule has 3 unspecified atom stereocenters. The van der Waals surface area contributed by atoms with Gasteiger partial charge in [-0.05, 0) is 25.7 Å². The van der Waals surface area contributed by atoms with E-state index in [0.29, 0.717) is 18.1 Å². The lowest BCUT2D eigenvalue weighted by atomic mass is 10.0. The minimum absolute atomic E-state index is 0.0482. The summed E-state index contributed by atoms with van der Waals surface area (Å²) >= 11 is 1.45. The number of aliphatic hydroxyl groups excluding tert-OH is 1. The number of rotatable bonds is 3. The number of hydrogen-bond donors (Lipinski definition) is 1. The number of aliphatic hydroxyl groups is 1. The number of carbonyl (C=O) groups is 2. The number of likely N-dealkylation sites (tertiary alicyclic amines) is 1. The summed E-state index contributed by atoms with van der Waals surface area (Å²) in [7, 11) is 0. The van der Waals surface area contributed by atoms with Crippen molar-refractivity contribution in [2.24, 2.45) is 5.92 Å². The Kier molecular flexibility index (Phi) is 5.53. The average molecular weight is 380 g/mol.